The van der Waals surface area contributed by atoms with Gasteiger partial charge in [-0.1, -0.05) is 6.92 Å². The van der Waals surface area contributed by atoms with Crippen LogP contribution in [0.15, 0.2) is 0 Å². The normalized spacial score (nSPS) is 25.9. The van der Waals surface area contributed by atoms with Crippen molar-refractivity contribution >= 4 is 17.5 Å². The second-order valence-corrected chi connectivity index (χ2v) is 4.01. The summed E-state index contributed by atoms with van der Waals surface area (Å²) in [5.41, 5.74) is 0. The van der Waals surface area contributed by atoms with E-state index in [-0.39, 0.29) is 11.3 Å². The zero-order valence-corrected chi connectivity index (χ0v) is 8.47. The Hall–Kier alpha value is -0.240. The molecule has 2 unspecified atom stereocenters. The smallest absolute Gasteiger partial charge is 0.240 e. The minimum absolute atomic E-state index is 0.0982. The second kappa shape index (κ2) is 4.13. The molecule has 3 heteroatoms. The van der Waals surface area contributed by atoms with E-state index >= 15 is 0 Å². The van der Waals surface area contributed by atoms with Crippen molar-refractivity contribution in [1.29, 1.82) is 0 Å². The van der Waals surface area contributed by atoms with Crippen molar-refractivity contribution < 1.29 is 4.79 Å². The molecule has 0 saturated carbocycles. The largest absolute Gasteiger partial charge is 0.338 e. The van der Waals surface area contributed by atoms with Crippen molar-refractivity contribution in [2.24, 2.45) is 0 Å². The van der Waals surface area contributed by atoms with Gasteiger partial charge in [-0.2, -0.15) is 0 Å². The first-order valence-electron chi connectivity index (χ1n) is 4.61. The molecule has 0 N–H and O–H groups in total. The number of nitrogens with zero attached hydrogens (tertiary/aromatic N) is 1. The molecule has 0 bridgehead atoms. The summed E-state index contributed by atoms with van der Waals surface area (Å²) in [6.45, 7) is 4.76. The molecule has 12 heavy (non-hydrogen) atoms. The van der Waals surface area contributed by atoms with Gasteiger partial charge in [0.15, 0.2) is 0 Å². The highest BCUT2D eigenvalue weighted by molar-refractivity contribution is 6.30. The minimum atomic E-state index is -0.364. The molecule has 1 aliphatic heterocycles. The first kappa shape index (κ1) is 9.85. The quantitative estimate of drug-likeness (QED) is 0.609. The fourth-order valence-corrected chi connectivity index (χ4v) is 1.90. The van der Waals surface area contributed by atoms with E-state index in [0.29, 0.717) is 6.04 Å². The number of likely N-dealkylation sites (tertiary alicyclic amines) is 1. The molecule has 1 aliphatic rings. The fourth-order valence-electron chi connectivity index (χ4n) is 1.78. The van der Waals surface area contributed by atoms with E-state index in [1.165, 1.54) is 0 Å². The summed E-state index contributed by atoms with van der Waals surface area (Å²) >= 11 is 5.74. The minimum Gasteiger partial charge on any atom is -0.338 e. The van der Waals surface area contributed by atoms with Gasteiger partial charge in [0.1, 0.15) is 5.38 Å². The molecular weight excluding hydrogens is 174 g/mol. The Labute approximate surface area is 78.9 Å². The van der Waals surface area contributed by atoms with E-state index in [2.05, 4.69) is 6.92 Å². The number of carbonyl (C=O) groups excluding carboxylic acids is 1. The van der Waals surface area contributed by atoms with E-state index in [1.807, 2.05) is 4.90 Å². The van der Waals surface area contributed by atoms with Crippen molar-refractivity contribution in [2.45, 2.75) is 44.5 Å². The average Bonchev–Trinajstić information content (AvgIpc) is 2.49. The van der Waals surface area contributed by atoms with E-state index < -0.39 is 0 Å². The van der Waals surface area contributed by atoms with Crippen molar-refractivity contribution in [3.63, 3.8) is 0 Å². The number of alkyl halides is 1. The van der Waals surface area contributed by atoms with Gasteiger partial charge in [-0.05, 0) is 26.2 Å². The maximum absolute atomic E-state index is 11.5. The molecule has 2 nitrogen and oxygen atoms in total. The Morgan fingerprint density at radius 2 is 2.42 bits per heavy atom. The number of hydrogen-bond acceptors (Lipinski definition) is 1. The topological polar surface area (TPSA) is 20.3 Å². The zero-order valence-electron chi connectivity index (χ0n) is 7.72. The molecule has 2 atom stereocenters. The van der Waals surface area contributed by atoms with E-state index in [0.717, 1.165) is 25.8 Å². The Balaban J connectivity index is 2.55. The zero-order chi connectivity index (χ0) is 9.14. The third-order valence-corrected chi connectivity index (χ3v) is 2.66. The molecule has 0 aromatic heterocycles. The van der Waals surface area contributed by atoms with E-state index in [1.54, 1.807) is 6.92 Å². The molecule has 1 rings (SSSR count). The SMILES string of the molecule is CCC1CCCN1C(=O)C(C)Cl. The van der Waals surface area contributed by atoms with Gasteiger partial charge in [0, 0.05) is 12.6 Å². The summed E-state index contributed by atoms with van der Waals surface area (Å²) in [6, 6.07) is 0.443. The number of carbonyl (C=O) groups is 1. The molecule has 0 aromatic rings. The summed E-state index contributed by atoms with van der Waals surface area (Å²) in [7, 11) is 0. The average molecular weight is 190 g/mol. The Morgan fingerprint density at radius 3 is 2.92 bits per heavy atom. The highest BCUT2D eigenvalue weighted by atomic mass is 35.5. The van der Waals surface area contributed by atoms with Gasteiger partial charge in [-0.15, -0.1) is 11.6 Å². The van der Waals surface area contributed by atoms with Crippen LogP contribution in [0.1, 0.15) is 33.1 Å². The Kier molecular flexibility index (Phi) is 3.39. The monoisotopic (exact) mass is 189 g/mol. The molecule has 0 aliphatic carbocycles. The number of halogens is 1. The third kappa shape index (κ3) is 1.92. The molecular formula is C9H16ClNO. The van der Waals surface area contributed by atoms with Crippen LogP contribution in [0.5, 0.6) is 0 Å². The molecule has 0 aromatic carbocycles. The van der Waals surface area contributed by atoms with Crippen molar-refractivity contribution in [3.8, 4) is 0 Å². The molecule has 1 heterocycles. The number of rotatable bonds is 2. The van der Waals surface area contributed by atoms with E-state index in [4.69, 9.17) is 11.6 Å². The summed E-state index contributed by atoms with van der Waals surface area (Å²) in [4.78, 5) is 13.4. The molecule has 0 radical (unpaired) electrons. The van der Waals surface area contributed by atoms with Crippen LogP contribution in [0.25, 0.3) is 0 Å². The van der Waals surface area contributed by atoms with Gasteiger partial charge < -0.3 is 4.90 Å². The molecule has 1 amide bonds. The van der Waals surface area contributed by atoms with Gasteiger partial charge in [-0.3, -0.25) is 4.79 Å². The lowest BCUT2D eigenvalue weighted by Gasteiger charge is -2.24. The Bertz CT molecular complexity index is 170. The summed E-state index contributed by atoms with van der Waals surface area (Å²) in [6.07, 6.45) is 3.33. The van der Waals surface area contributed by atoms with Crippen LogP contribution in [0.2, 0.25) is 0 Å². The lowest BCUT2D eigenvalue weighted by Crippen LogP contribution is -2.38. The summed E-state index contributed by atoms with van der Waals surface area (Å²) in [5.74, 6) is 0.0982. The van der Waals surface area contributed by atoms with Crippen LogP contribution in [-0.2, 0) is 4.79 Å². The van der Waals surface area contributed by atoms with Crippen molar-refractivity contribution in [2.75, 3.05) is 6.54 Å². The first-order valence-corrected chi connectivity index (χ1v) is 5.05. The fraction of sp³-hybridized carbons (Fsp3) is 0.889. The van der Waals surface area contributed by atoms with Gasteiger partial charge >= 0.3 is 0 Å². The van der Waals surface area contributed by atoms with Crippen LogP contribution in [0, 0.1) is 0 Å². The lowest BCUT2D eigenvalue weighted by molar-refractivity contribution is -0.131. The molecule has 0 spiro atoms. The number of hydrogen-bond donors (Lipinski definition) is 0. The standard InChI is InChI=1S/C9H16ClNO/c1-3-8-5-4-6-11(8)9(12)7(2)10/h7-8H,3-6H2,1-2H3. The van der Waals surface area contributed by atoms with Crippen LogP contribution < -0.4 is 0 Å². The third-order valence-electron chi connectivity index (χ3n) is 2.47. The predicted octanol–water partition coefficient (Wildman–Crippen LogP) is 2.01. The van der Waals surface area contributed by atoms with E-state index in [9.17, 15) is 4.79 Å². The maximum atomic E-state index is 11.5. The van der Waals surface area contributed by atoms with Crippen molar-refractivity contribution in [3.05, 3.63) is 0 Å². The maximum Gasteiger partial charge on any atom is 0.240 e. The molecule has 70 valence electrons. The second-order valence-electron chi connectivity index (χ2n) is 3.35. The van der Waals surface area contributed by atoms with Gasteiger partial charge in [0.2, 0.25) is 5.91 Å². The van der Waals surface area contributed by atoms with Gasteiger partial charge in [-0.25, -0.2) is 0 Å². The summed E-state index contributed by atoms with van der Waals surface area (Å²) < 4.78 is 0. The highest BCUT2D eigenvalue weighted by Crippen LogP contribution is 2.21. The predicted molar refractivity (Wildman–Crippen MR) is 50.3 cm³/mol. The van der Waals surface area contributed by atoms with Crippen LogP contribution in [-0.4, -0.2) is 28.8 Å². The molecule has 1 saturated heterocycles. The molecule has 1 fully saturated rings. The van der Waals surface area contributed by atoms with Gasteiger partial charge in [0.05, 0.1) is 0 Å². The highest BCUT2D eigenvalue weighted by Gasteiger charge is 2.28. The summed E-state index contributed by atoms with van der Waals surface area (Å²) in [5, 5.41) is -0.364. The van der Waals surface area contributed by atoms with Crippen LogP contribution in [0.3, 0.4) is 0 Å². The Morgan fingerprint density at radius 1 is 1.75 bits per heavy atom. The first-order chi connectivity index (χ1) is 5.66. The van der Waals surface area contributed by atoms with Crippen molar-refractivity contribution in [1.82, 2.24) is 4.90 Å². The van der Waals surface area contributed by atoms with Crippen LogP contribution in [0.4, 0.5) is 0 Å². The van der Waals surface area contributed by atoms with Crippen LogP contribution >= 0.6 is 11.6 Å². The lowest BCUT2D eigenvalue weighted by atomic mass is 10.1. The number of amides is 1. The van der Waals surface area contributed by atoms with Gasteiger partial charge in [0.25, 0.3) is 0 Å².